The van der Waals surface area contributed by atoms with Gasteiger partial charge in [0.05, 0.1) is 14.9 Å². The zero-order valence-corrected chi connectivity index (χ0v) is 14.3. The van der Waals surface area contributed by atoms with Crippen LogP contribution in [0.2, 0.25) is 10.0 Å². The summed E-state index contributed by atoms with van der Waals surface area (Å²) in [5.41, 5.74) is 0. The first-order chi connectivity index (χ1) is 9.95. The van der Waals surface area contributed by atoms with Gasteiger partial charge in [0.15, 0.2) is 0 Å². The number of rotatable bonds is 5. The molecule has 118 valence electrons. The van der Waals surface area contributed by atoms with Crippen LogP contribution < -0.4 is 5.32 Å². The molecule has 0 amide bonds. The van der Waals surface area contributed by atoms with E-state index >= 15 is 0 Å². The van der Waals surface area contributed by atoms with Gasteiger partial charge in [-0.05, 0) is 50.0 Å². The van der Waals surface area contributed by atoms with E-state index in [0.717, 1.165) is 25.9 Å². The van der Waals surface area contributed by atoms with Gasteiger partial charge >= 0.3 is 0 Å². The summed E-state index contributed by atoms with van der Waals surface area (Å²) in [4.78, 5) is 0.197. The molecule has 0 aromatic heterocycles. The van der Waals surface area contributed by atoms with Crippen LogP contribution >= 0.6 is 23.2 Å². The molecule has 1 fully saturated rings. The summed E-state index contributed by atoms with van der Waals surface area (Å²) >= 11 is 11.8. The largest absolute Gasteiger partial charge is 0.316 e. The lowest BCUT2D eigenvalue weighted by molar-refractivity contribution is 0.298. The van der Waals surface area contributed by atoms with Crippen LogP contribution in [0.5, 0.6) is 0 Å². The number of nitrogens with zero attached hydrogens (tertiary/aromatic N) is 1. The molecule has 1 unspecified atom stereocenters. The highest BCUT2D eigenvalue weighted by Crippen LogP contribution is 2.27. The molecule has 1 saturated heterocycles. The molecule has 4 nitrogen and oxygen atoms in total. The zero-order valence-electron chi connectivity index (χ0n) is 12.0. The van der Waals surface area contributed by atoms with Gasteiger partial charge in [-0.25, -0.2) is 8.42 Å². The van der Waals surface area contributed by atoms with Crippen LogP contribution in [-0.2, 0) is 10.0 Å². The Morgan fingerprint density at radius 3 is 2.67 bits per heavy atom. The van der Waals surface area contributed by atoms with Crippen molar-refractivity contribution in [2.45, 2.75) is 24.7 Å². The van der Waals surface area contributed by atoms with Crippen LogP contribution in [0.1, 0.15) is 19.8 Å². The summed E-state index contributed by atoms with van der Waals surface area (Å²) in [5, 5.41) is 3.93. The quantitative estimate of drug-likeness (QED) is 0.887. The van der Waals surface area contributed by atoms with E-state index in [-0.39, 0.29) is 9.92 Å². The molecule has 1 aromatic rings. The van der Waals surface area contributed by atoms with Gasteiger partial charge < -0.3 is 5.32 Å². The van der Waals surface area contributed by atoms with Crippen molar-refractivity contribution < 1.29 is 8.42 Å². The molecule has 0 radical (unpaired) electrons. The lowest BCUT2D eigenvalue weighted by atomic mass is 10.00. The van der Waals surface area contributed by atoms with Crippen LogP contribution in [0.25, 0.3) is 0 Å². The minimum Gasteiger partial charge on any atom is -0.316 e. The minimum atomic E-state index is -3.53. The standard InChI is InChI=1S/C14H20Cl2N2O2S/c1-2-18(10-11-4-3-7-17-9-11)21(19,20)12-5-6-13(15)14(16)8-12/h5-6,8,11,17H,2-4,7,9-10H2,1H3. The van der Waals surface area contributed by atoms with Crippen molar-refractivity contribution in [1.82, 2.24) is 9.62 Å². The maximum atomic E-state index is 12.7. The highest BCUT2D eigenvalue weighted by molar-refractivity contribution is 7.89. The second-order valence-corrected chi connectivity index (χ2v) is 8.00. The normalized spacial score (nSPS) is 19.9. The number of hydrogen-bond acceptors (Lipinski definition) is 3. The molecular weight excluding hydrogens is 331 g/mol. The van der Waals surface area contributed by atoms with Crippen LogP contribution in [0.15, 0.2) is 23.1 Å². The fourth-order valence-electron chi connectivity index (χ4n) is 2.55. The summed E-state index contributed by atoms with van der Waals surface area (Å²) in [6.45, 7) is 4.71. The fraction of sp³-hybridized carbons (Fsp3) is 0.571. The predicted molar refractivity (Wildman–Crippen MR) is 86.5 cm³/mol. The van der Waals surface area contributed by atoms with Gasteiger partial charge in [0, 0.05) is 13.1 Å². The number of sulfonamides is 1. The molecule has 0 bridgehead atoms. The summed E-state index contributed by atoms with van der Waals surface area (Å²) in [6, 6.07) is 4.44. The van der Waals surface area contributed by atoms with E-state index in [9.17, 15) is 8.42 Å². The van der Waals surface area contributed by atoms with E-state index in [1.807, 2.05) is 6.92 Å². The molecule has 2 rings (SSSR count). The van der Waals surface area contributed by atoms with Crippen molar-refractivity contribution in [2.24, 2.45) is 5.92 Å². The zero-order chi connectivity index (χ0) is 15.5. The molecule has 1 N–H and O–H groups in total. The predicted octanol–water partition coefficient (Wildman–Crippen LogP) is 3.00. The van der Waals surface area contributed by atoms with E-state index in [0.29, 0.717) is 24.0 Å². The molecule has 0 aliphatic carbocycles. The van der Waals surface area contributed by atoms with Crippen molar-refractivity contribution in [3.8, 4) is 0 Å². The van der Waals surface area contributed by atoms with Crippen LogP contribution in [0.3, 0.4) is 0 Å². The third-order valence-corrected chi connectivity index (χ3v) is 6.42. The maximum absolute atomic E-state index is 12.7. The molecule has 7 heteroatoms. The highest BCUT2D eigenvalue weighted by Gasteiger charge is 2.27. The SMILES string of the molecule is CCN(CC1CCCNC1)S(=O)(=O)c1ccc(Cl)c(Cl)c1. The van der Waals surface area contributed by atoms with Crippen molar-refractivity contribution in [2.75, 3.05) is 26.2 Å². The molecule has 1 aliphatic heterocycles. The number of halogens is 2. The average Bonchev–Trinajstić information content (AvgIpc) is 2.48. The van der Waals surface area contributed by atoms with Crippen LogP contribution in [-0.4, -0.2) is 38.9 Å². The van der Waals surface area contributed by atoms with Crippen LogP contribution in [0, 0.1) is 5.92 Å². The lowest BCUT2D eigenvalue weighted by Gasteiger charge is -2.29. The molecule has 0 saturated carbocycles. The lowest BCUT2D eigenvalue weighted by Crippen LogP contribution is -2.40. The van der Waals surface area contributed by atoms with E-state index in [1.54, 1.807) is 0 Å². The third kappa shape index (κ3) is 4.11. The Morgan fingerprint density at radius 1 is 1.33 bits per heavy atom. The number of hydrogen-bond donors (Lipinski definition) is 1. The van der Waals surface area contributed by atoms with Gasteiger partial charge in [0.25, 0.3) is 0 Å². The van der Waals surface area contributed by atoms with Crippen molar-refractivity contribution in [3.63, 3.8) is 0 Å². The summed E-state index contributed by atoms with van der Waals surface area (Å²) < 4.78 is 26.9. The number of benzene rings is 1. The Morgan fingerprint density at radius 2 is 2.10 bits per heavy atom. The van der Waals surface area contributed by atoms with E-state index in [1.165, 1.54) is 22.5 Å². The fourth-order valence-corrected chi connectivity index (χ4v) is 4.47. The monoisotopic (exact) mass is 350 g/mol. The molecule has 1 atom stereocenters. The number of nitrogens with one attached hydrogen (secondary N) is 1. The Kier molecular flexibility index (Phi) is 5.91. The van der Waals surface area contributed by atoms with Gasteiger partial charge in [-0.2, -0.15) is 4.31 Å². The second-order valence-electron chi connectivity index (χ2n) is 5.24. The topological polar surface area (TPSA) is 49.4 Å². The van der Waals surface area contributed by atoms with Gasteiger partial charge in [-0.3, -0.25) is 0 Å². The molecule has 21 heavy (non-hydrogen) atoms. The Bertz CT molecular complexity index is 587. The molecular formula is C14H20Cl2N2O2S. The highest BCUT2D eigenvalue weighted by atomic mass is 35.5. The van der Waals surface area contributed by atoms with Crippen molar-refractivity contribution >= 4 is 33.2 Å². The van der Waals surface area contributed by atoms with Gasteiger partial charge in [0.2, 0.25) is 10.0 Å². The van der Waals surface area contributed by atoms with Crippen molar-refractivity contribution in [3.05, 3.63) is 28.2 Å². The summed E-state index contributed by atoms with van der Waals surface area (Å²) in [5.74, 6) is 0.358. The van der Waals surface area contributed by atoms with E-state index in [2.05, 4.69) is 5.32 Å². The van der Waals surface area contributed by atoms with Gasteiger partial charge in [0.1, 0.15) is 0 Å². The number of piperidine rings is 1. The van der Waals surface area contributed by atoms with Crippen LogP contribution in [0.4, 0.5) is 0 Å². The molecule has 1 aliphatic rings. The van der Waals surface area contributed by atoms with E-state index < -0.39 is 10.0 Å². The van der Waals surface area contributed by atoms with E-state index in [4.69, 9.17) is 23.2 Å². The smallest absolute Gasteiger partial charge is 0.243 e. The maximum Gasteiger partial charge on any atom is 0.243 e. The third-order valence-electron chi connectivity index (χ3n) is 3.74. The van der Waals surface area contributed by atoms with Crippen molar-refractivity contribution in [1.29, 1.82) is 0 Å². The first-order valence-electron chi connectivity index (χ1n) is 7.11. The van der Waals surface area contributed by atoms with Gasteiger partial charge in [-0.1, -0.05) is 30.1 Å². The average molecular weight is 351 g/mol. The first kappa shape index (κ1) is 17.0. The Labute approximate surface area is 136 Å². The minimum absolute atomic E-state index is 0.197. The summed E-state index contributed by atoms with van der Waals surface area (Å²) in [6.07, 6.45) is 2.15. The first-order valence-corrected chi connectivity index (χ1v) is 9.30. The summed E-state index contributed by atoms with van der Waals surface area (Å²) in [7, 11) is -3.53. The second kappa shape index (κ2) is 7.29. The Hall–Kier alpha value is -0.330. The van der Waals surface area contributed by atoms with Gasteiger partial charge in [-0.15, -0.1) is 0 Å². The molecule has 1 aromatic carbocycles. The Balaban J connectivity index is 2.19. The molecule has 0 spiro atoms. The molecule has 1 heterocycles.